The predicted octanol–water partition coefficient (Wildman–Crippen LogP) is 5.01. The molecule has 0 spiro atoms. The molecule has 19 heavy (non-hydrogen) atoms. The van der Waals surface area contributed by atoms with Gasteiger partial charge in [-0.2, -0.15) is 0 Å². The summed E-state index contributed by atoms with van der Waals surface area (Å²) in [6.45, 7) is 6.06. The molecule has 0 aliphatic carbocycles. The molecular weight excluding hydrogens is 256 g/mol. The second-order valence-corrected chi connectivity index (χ2v) is 4.40. The minimum atomic E-state index is 0.664. The average molecular weight is 273 g/mol. The summed E-state index contributed by atoms with van der Waals surface area (Å²) in [6.07, 6.45) is 1.76. The molecular formula is C16H17ClN2. The highest BCUT2D eigenvalue weighted by molar-refractivity contribution is 6.32. The van der Waals surface area contributed by atoms with Gasteiger partial charge in [0.05, 0.1) is 10.5 Å². The molecule has 0 unspecified atom stereocenters. The van der Waals surface area contributed by atoms with Crippen LogP contribution < -0.4 is 0 Å². The van der Waals surface area contributed by atoms with Gasteiger partial charge in [0.1, 0.15) is 0 Å². The zero-order chi connectivity index (χ0) is 13.8. The smallest absolute Gasteiger partial charge is 0.156 e. The number of fused-ring (bicyclic) bond motifs is 1. The summed E-state index contributed by atoms with van der Waals surface area (Å²) < 4.78 is 2.08. The van der Waals surface area contributed by atoms with Crippen LogP contribution in [0.25, 0.3) is 16.7 Å². The molecule has 0 atom stereocenters. The van der Waals surface area contributed by atoms with Crippen molar-refractivity contribution in [3.63, 3.8) is 0 Å². The molecule has 0 bridgehead atoms. The van der Waals surface area contributed by atoms with Crippen LogP contribution in [0.1, 0.15) is 19.5 Å². The second-order valence-electron chi connectivity index (χ2n) is 3.99. The fourth-order valence-electron chi connectivity index (χ4n) is 2.12. The van der Waals surface area contributed by atoms with E-state index < -0.39 is 0 Å². The summed E-state index contributed by atoms with van der Waals surface area (Å²) in [5.74, 6) is 0.785. The van der Waals surface area contributed by atoms with Gasteiger partial charge in [-0.1, -0.05) is 43.6 Å². The van der Waals surface area contributed by atoms with Gasteiger partial charge in [-0.3, -0.25) is 4.57 Å². The van der Waals surface area contributed by atoms with E-state index in [9.17, 15) is 0 Å². The molecule has 3 heteroatoms. The van der Waals surface area contributed by atoms with Crippen molar-refractivity contribution in [1.82, 2.24) is 9.55 Å². The third-order valence-corrected chi connectivity index (χ3v) is 3.14. The molecule has 0 N–H and O–H groups in total. The lowest BCUT2D eigenvalue weighted by Crippen LogP contribution is -1.99. The van der Waals surface area contributed by atoms with Gasteiger partial charge in [-0.05, 0) is 31.2 Å². The number of aryl methyl sites for hydroxylation is 1. The monoisotopic (exact) mass is 272 g/mol. The van der Waals surface area contributed by atoms with Gasteiger partial charge in [0.15, 0.2) is 5.82 Å². The Labute approximate surface area is 118 Å². The lowest BCUT2D eigenvalue weighted by molar-refractivity contribution is 0.994. The van der Waals surface area contributed by atoms with E-state index in [1.165, 1.54) is 5.39 Å². The lowest BCUT2D eigenvalue weighted by Gasteiger charge is -2.08. The topological polar surface area (TPSA) is 17.8 Å². The van der Waals surface area contributed by atoms with Crippen molar-refractivity contribution in [2.75, 3.05) is 0 Å². The molecule has 0 aliphatic rings. The minimum absolute atomic E-state index is 0.664. The lowest BCUT2D eigenvalue weighted by atomic mass is 10.2. The summed E-state index contributed by atoms with van der Waals surface area (Å²) in [5.41, 5.74) is 2.26. The minimum Gasteiger partial charge on any atom is -0.297 e. The molecule has 0 aliphatic heterocycles. The van der Waals surface area contributed by atoms with Crippen LogP contribution in [0.4, 0.5) is 0 Å². The first-order valence-corrected chi connectivity index (χ1v) is 6.83. The molecule has 1 aromatic carbocycles. The van der Waals surface area contributed by atoms with Crippen molar-refractivity contribution >= 4 is 22.5 Å². The fourth-order valence-corrected chi connectivity index (χ4v) is 2.32. The van der Waals surface area contributed by atoms with E-state index in [0.29, 0.717) is 5.02 Å². The Hall–Kier alpha value is -1.80. The molecule has 3 rings (SSSR count). The Morgan fingerprint density at radius 3 is 2.53 bits per heavy atom. The molecule has 0 fully saturated rings. The van der Waals surface area contributed by atoms with Gasteiger partial charge in [0, 0.05) is 17.3 Å². The quantitative estimate of drug-likeness (QED) is 0.609. The molecule has 2 aromatic heterocycles. The number of pyridine rings is 1. The van der Waals surface area contributed by atoms with Crippen molar-refractivity contribution in [1.29, 1.82) is 0 Å². The Balaban J connectivity index is 0.000000637. The molecule has 0 amide bonds. The van der Waals surface area contributed by atoms with E-state index in [1.54, 1.807) is 6.20 Å². The molecule has 2 heterocycles. The first-order chi connectivity index (χ1) is 9.27. The molecule has 2 nitrogen and oxygen atoms in total. The molecule has 3 aromatic rings. The standard InChI is InChI=1S/C14H11ClN2.C2H6/c1-10-9-11-5-2-3-7-13(11)17(10)14-12(15)6-4-8-16-14;1-2/h2-9H,1H3;1-2H3. The highest BCUT2D eigenvalue weighted by Gasteiger charge is 2.10. The van der Waals surface area contributed by atoms with Crippen LogP contribution in [0, 0.1) is 6.92 Å². The van der Waals surface area contributed by atoms with E-state index in [4.69, 9.17) is 11.6 Å². The molecule has 0 saturated carbocycles. The van der Waals surface area contributed by atoms with Gasteiger partial charge < -0.3 is 0 Å². The van der Waals surface area contributed by atoms with Gasteiger partial charge in [-0.15, -0.1) is 0 Å². The van der Waals surface area contributed by atoms with Crippen molar-refractivity contribution in [3.8, 4) is 5.82 Å². The van der Waals surface area contributed by atoms with E-state index in [1.807, 2.05) is 38.1 Å². The van der Waals surface area contributed by atoms with Crippen LogP contribution >= 0.6 is 11.6 Å². The van der Waals surface area contributed by atoms with Crippen LogP contribution in [0.5, 0.6) is 0 Å². The number of hydrogen-bond donors (Lipinski definition) is 0. The second kappa shape index (κ2) is 5.89. The Morgan fingerprint density at radius 2 is 1.79 bits per heavy atom. The van der Waals surface area contributed by atoms with Crippen LogP contribution in [0.15, 0.2) is 48.7 Å². The van der Waals surface area contributed by atoms with Crippen LogP contribution in [0.2, 0.25) is 5.02 Å². The predicted molar refractivity (Wildman–Crippen MR) is 82.2 cm³/mol. The number of hydrogen-bond acceptors (Lipinski definition) is 1. The Bertz CT molecular complexity index is 686. The van der Waals surface area contributed by atoms with E-state index >= 15 is 0 Å². The Morgan fingerprint density at radius 1 is 1.05 bits per heavy atom. The van der Waals surface area contributed by atoms with E-state index in [-0.39, 0.29) is 0 Å². The molecule has 98 valence electrons. The average Bonchev–Trinajstić information content (AvgIpc) is 2.78. The van der Waals surface area contributed by atoms with Gasteiger partial charge in [0.2, 0.25) is 0 Å². The number of halogens is 1. The highest BCUT2D eigenvalue weighted by Crippen LogP contribution is 2.26. The normalized spacial score (nSPS) is 10.1. The van der Waals surface area contributed by atoms with Crippen LogP contribution in [-0.2, 0) is 0 Å². The van der Waals surface area contributed by atoms with E-state index in [2.05, 4.69) is 34.7 Å². The summed E-state index contributed by atoms with van der Waals surface area (Å²) in [4.78, 5) is 4.36. The largest absolute Gasteiger partial charge is 0.297 e. The van der Waals surface area contributed by atoms with Crippen LogP contribution in [0.3, 0.4) is 0 Å². The summed E-state index contributed by atoms with van der Waals surface area (Å²) in [7, 11) is 0. The fraction of sp³-hybridized carbons (Fsp3) is 0.188. The SMILES string of the molecule is CC.Cc1cc2ccccc2n1-c1ncccc1Cl. The Kier molecular flexibility index (Phi) is 4.23. The molecule has 0 radical (unpaired) electrons. The maximum absolute atomic E-state index is 6.20. The van der Waals surface area contributed by atoms with Crippen molar-refractivity contribution in [2.45, 2.75) is 20.8 Å². The first-order valence-electron chi connectivity index (χ1n) is 6.45. The third kappa shape index (κ3) is 2.49. The maximum atomic E-state index is 6.20. The van der Waals surface area contributed by atoms with Gasteiger partial charge in [0.25, 0.3) is 0 Å². The summed E-state index contributed by atoms with van der Waals surface area (Å²) in [6, 6.07) is 14.1. The van der Waals surface area contributed by atoms with Gasteiger partial charge in [-0.25, -0.2) is 4.98 Å². The highest BCUT2D eigenvalue weighted by atomic mass is 35.5. The number of aromatic nitrogens is 2. The third-order valence-electron chi connectivity index (χ3n) is 2.85. The zero-order valence-corrected chi connectivity index (χ0v) is 12.1. The maximum Gasteiger partial charge on any atom is 0.156 e. The molecule has 0 saturated heterocycles. The van der Waals surface area contributed by atoms with Crippen molar-refractivity contribution < 1.29 is 0 Å². The number of rotatable bonds is 1. The number of para-hydroxylation sites is 1. The van der Waals surface area contributed by atoms with Gasteiger partial charge >= 0.3 is 0 Å². The van der Waals surface area contributed by atoms with E-state index in [0.717, 1.165) is 17.0 Å². The first kappa shape index (κ1) is 13.6. The number of benzene rings is 1. The van der Waals surface area contributed by atoms with Crippen molar-refractivity contribution in [3.05, 3.63) is 59.4 Å². The summed E-state index contributed by atoms with van der Waals surface area (Å²) in [5, 5.41) is 1.86. The number of nitrogens with zero attached hydrogens (tertiary/aromatic N) is 2. The van der Waals surface area contributed by atoms with Crippen molar-refractivity contribution in [2.24, 2.45) is 0 Å². The van der Waals surface area contributed by atoms with Crippen LogP contribution in [-0.4, -0.2) is 9.55 Å². The zero-order valence-electron chi connectivity index (χ0n) is 11.4. The summed E-state index contributed by atoms with van der Waals surface area (Å²) >= 11 is 6.20.